The SMILES string of the molecule is CC(F)OC1CCC(Nc2ncc3c(n2)CC=C3c2ccn3nccc3c2)CC1. The smallest absolute Gasteiger partial charge is 0.223 e. The van der Waals surface area contributed by atoms with E-state index in [4.69, 9.17) is 9.72 Å². The maximum atomic E-state index is 13.0. The van der Waals surface area contributed by atoms with Crippen LogP contribution in [0.15, 0.2) is 42.9 Å². The van der Waals surface area contributed by atoms with Gasteiger partial charge in [-0.1, -0.05) is 6.08 Å². The Hall–Kier alpha value is -2.80. The van der Waals surface area contributed by atoms with Crippen molar-refractivity contribution in [3.8, 4) is 0 Å². The van der Waals surface area contributed by atoms with Crippen molar-refractivity contribution in [3.63, 3.8) is 0 Å². The summed E-state index contributed by atoms with van der Waals surface area (Å²) in [6.45, 7) is 1.44. The Kier molecular flexibility index (Phi) is 4.75. The van der Waals surface area contributed by atoms with Crippen LogP contribution in [-0.4, -0.2) is 38.1 Å². The third-order valence-corrected chi connectivity index (χ3v) is 5.76. The van der Waals surface area contributed by atoms with Crippen LogP contribution in [0, 0.1) is 0 Å². The fraction of sp³-hybridized carbons (Fsp3) is 0.409. The number of fused-ring (bicyclic) bond motifs is 2. The van der Waals surface area contributed by atoms with Crippen LogP contribution in [-0.2, 0) is 11.2 Å². The van der Waals surface area contributed by atoms with Gasteiger partial charge in [0.25, 0.3) is 0 Å². The lowest BCUT2D eigenvalue weighted by atomic mass is 9.93. The molecule has 1 atom stereocenters. The van der Waals surface area contributed by atoms with Gasteiger partial charge in [-0.05, 0) is 61.9 Å². The molecule has 0 aromatic carbocycles. The molecule has 150 valence electrons. The van der Waals surface area contributed by atoms with E-state index >= 15 is 0 Å². The van der Waals surface area contributed by atoms with E-state index in [0.717, 1.165) is 54.4 Å². The minimum atomic E-state index is -1.19. The highest BCUT2D eigenvalue weighted by Crippen LogP contribution is 2.32. The topological polar surface area (TPSA) is 64.3 Å². The Morgan fingerprint density at radius 2 is 2.10 bits per heavy atom. The molecule has 2 aliphatic carbocycles. The second-order valence-corrected chi connectivity index (χ2v) is 7.79. The van der Waals surface area contributed by atoms with Crippen LogP contribution in [0.1, 0.15) is 49.4 Å². The fourth-order valence-corrected chi connectivity index (χ4v) is 4.33. The molecule has 0 bridgehead atoms. The molecule has 5 rings (SSSR count). The molecule has 0 saturated heterocycles. The van der Waals surface area contributed by atoms with Gasteiger partial charge in [0.15, 0.2) is 6.36 Å². The molecule has 1 N–H and O–H groups in total. The van der Waals surface area contributed by atoms with Gasteiger partial charge < -0.3 is 10.1 Å². The number of ether oxygens (including phenoxy) is 1. The Morgan fingerprint density at radius 3 is 2.93 bits per heavy atom. The maximum absolute atomic E-state index is 13.0. The molecule has 3 heterocycles. The van der Waals surface area contributed by atoms with Crippen LogP contribution in [0.2, 0.25) is 0 Å². The summed E-state index contributed by atoms with van der Waals surface area (Å²) in [6.07, 6.45) is 11.1. The molecule has 1 saturated carbocycles. The third-order valence-electron chi connectivity index (χ3n) is 5.76. The van der Waals surface area contributed by atoms with Gasteiger partial charge >= 0.3 is 0 Å². The van der Waals surface area contributed by atoms with Crippen LogP contribution in [0.25, 0.3) is 11.1 Å². The quantitative estimate of drug-likeness (QED) is 0.705. The van der Waals surface area contributed by atoms with Gasteiger partial charge in [-0.25, -0.2) is 18.9 Å². The van der Waals surface area contributed by atoms with Gasteiger partial charge in [-0.2, -0.15) is 5.10 Å². The van der Waals surface area contributed by atoms with Gasteiger partial charge in [0, 0.05) is 36.6 Å². The maximum Gasteiger partial charge on any atom is 0.223 e. The molecule has 1 fully saturated rings. The first-order valence-corrected chi connectivity index (χ1v) is 10.2. The number of rotatable bonds is 5. The highest BCUT2D eigenvalue weighted by molar-refractivity contribution is 5.85. The van der Waals surface area contributed by atoms with E-state index in [2.05, 4.69) is 33.6 Å². The zero-order chi connectivity index (χ0) is 19.8. The van der Waals surface area contributed by atoms with E-state index in [9.17, 15) is 4.39 Å². The van der Waals surface area contributed by atoms with Crippen LogP contribution < -0.4 is 5.32 Å². The highest BCUT2D eigenvalue weighted by atomic mass is 19.1. The third kappa shape index (κ3) is 3.74. The van der Waals surface area contributed by atoms with Crippen molar-refractivity contribution in [2.45, 2.75) is 57.5 Å². The lowest BCUT2D eigenvalue weighted by molar-refractivity contribution is -0.0862. The minimum absolute atomic E-state index is 0.0221. The number of alkyl halides is 1. The van der Waals surface area contributed by atoms with Gasteiger partial charge in [-0.15, -0.1) is 0 Å². The molecule has 0 radical (unpaired) electrons. The fourth-order valence-electron chi connectivity index (χ4n) is 4.33. The summed E-state index contributed by atoms with van der Waals surface area (Å²) in [4.78, 5) is 9.33. The summed E-state index contributed by atoms with van der Waals surface area (Å²) in [5.41, 5.74) is 5.54. The Balaban J connectivity index is 1.27. The van der Waals surface area contributed by atoms with Gasteiger partial charge in [0.2, 0.25) is 5.95 Å². The van der Waals surface area contributed by atoms with Crippen molar-refractivity contribution >= 4 is 17.0 Å². The molecule has 0 amide bonds. The molecular formula is C22H24FN5O. The predicted molar refractivity (Wildman–Crippen MR) is 109 cm³/mol. The number of hydrogen-bond donors (Lipinski definition) is 1. The van der Waals surface area contributed by atoms with Crippen molar-refractivity contribution in [2.24, 2.45) is 0 Å². The van der Waals surface area contributed by atoms with Crippen molar-refractivity contribution in [1.82, 2.24) is 19.6 Å². The van der Waals surface area contributed by atoms with Crippen molar-refractivity contribution in [3.05, 3.63) is 59.7 Å². The van der Waals surface area contributed by atoms with E-state index < -0.39 is 6.36 Å². The molecule has 2 aliphatic rings. The number of anilines is 1. The van der Waals surface area contributed by atoms with E-state index in [1.165, 1.54) is 12.5 Å². The molecule has 6 nitrogen and oxygen atoms in total. The van der Waals surface area contributed by atoms with Crippen molar-refractivity contribution < 1.29 is 9.13 Å². The Labute approximate surface area is 168 Å². The van der Waals surface area contributed by atoms with E-state index in [0.29, 0.717) is 12.0 Å². The number of allylic oxidation sites excluding steroid dienone is 1. The Morgan fingerprint density at radius 1 is 1.24 bits per heavy atom. The zero-order valence-electron chi connectivity index (χ0n) is 16.4. The molecule has 3 aromatic rings. The summed E-state index contributed by atoms with van der Waals surface area (Å²) in [7, 11) is 0. The standard InChI is InChI=1S/C22H24FN5O/c1-14(23)29-18-4-2-16(3-5-18)26-22-24-13-20-19(6-7-21(20)27-22)15-9-11-28-17(12-15)8-10-25-28/h6,8-14,16,18H,2-5,7H2,1H3,(H,24,26,27). The molecule has 1 unspecified atom stereocenters. The highest BCUT2D eigenvalue weighted by Gasteiger charge is 2.24. The molecular weight excluding hydrogens is 369 g/mol. The zero-order valence-corrected chi connectivity index (χ0v) is 16.4. The number of hydrogen-bond acceptors (Lipinski definition) is 5. The summed E-state index contributed by atoms with van der Waals surface area (Å²) >= 11 is 0. The van der Waals surface area contributed by atoms with Crippen LogP contribution in [0.3, 0.4) is 0 Å². The summed E-state index contributed by atoms with van der Waals surface area (Å²) in [5, 5.41) is 7.71. The second kappa shape index (κ2) is 7.55. The molecule has 0 spiro atoms. The van der Waals surface area contributed by atoms with E-state index in [1.54, 1.807) is 6.20 Å². The first-order chi connectivity index (χ1) is 14.2. The number of aromatic nitrogens is 4. The van der Waals surface area contributed by atoms with Gasteiger partial charge in [0.05, 0.1) is 17.3 Å². The molecule has 0 aliphatic heterocycles. The predicted octanol–water partition coefficient (Wildman–Crippen LogP) is 4.17. The number of halogens is 1. The average molecular weight is 393 g/mol. The lowest BCUT2D eigenvalue weighted by Crippen LogP contribution is -2.31. The number of nitrogens with zero attached hydrogens (tertiary/aromatic N) is 4. The number of pyridine rings is 1. The summed E-state index contributed by atoms with van der Waals surface area (Å²) < 4.78 is 20.2. The van der Waals surface area contributed by atoms with Crippen LogP contribution >= 0.6 is 0 Å². The molecule has 29 heavy (non-hydrogen) atoms. The normalized spacial score (nSPS) is 22.3. The van der Waals surface area contributed by atoms with Gasteiger partial charge in [-0.3, -0.25) is 0 Å². The second-order valence-electron chi connectivity index (χ2n) is 7.79. The first kappa shape index (κ1) is 18.2. The minimum Gasteiger partial charge on any atom is -0.351 e. The summed E-state index contributed by atoms with van der Waals surface area (Å²) in [6, 6.07) is 6.52. The largest absolute Gasteiger partial charge is 0.351 e. The van der Waals surface area contributed by atoms with E-state index in [1.807, 2.05) is 23.0 Å². The number of nitrogens with one attached hydrogen (secondary N) is 1. The van der Waals surface area contributed by atoms with Crippen LogP contribution in [0.5, 0.6) is 0 Å². The average Bonchev–Trinajstić information content (AvgIpc) is 3.35. The molecule has 3 aromatic heterocycles. The van der Waals surface area contributed by atoms with Crippen molar-refractivity contribution in [1.29, 1.82) is 0 Å². The summed E-state index contributed by atoms with van der Waals surface area (Å²) in [5.74, 6) is 0.674. The first-order valence-electron chi connectivity index (χ1n) is 10.2. The van der Waals surface area contributed by atoms with Crippen molar-refractivity contribution in [2.75, 3.05) is 5.32 Å². The Bertz CT molecular complexity index is 1050. The molecule has 7 heteroatoms. The van der Waals surface area contributed by atoms with E-state index in [-0.39, 0.29) is 6.10 Å². The van der Waals surface area contributed by atoms with Crippen LogP contribution in [0.4, 0.5) is 10.3 Å². The lowest BCUT2D eigenvalue weighted by Gasteiger charge is -2.29. The monoisotopic (exact) mass is 393 g/mol. The van der Waals surface area contributed by atoms with Gasteiger partial charge in [0.1, 0.15) is 0 Å².